The average Bonchev–Trinajstić information content (AvgIpc) is 2.79. The SMILES string of the molecule is CCc1nnc(NC(=O)CN2CCS(=O)(=O)CC2)s1. The van der Waals surface area contributed by atoms with Crippen molar-refractivity contribution in [3.05, 3.63) is 5.01 Å². The largest absolute Gasteiger partial charge is 0.299 e. The first-order chi connectivity index (χ1) is 8.98. The van der Waals surface area contributed by atoms with E-state index >= 15 is 0 Å². The number of nitrogens with one attached hydrogen (secondary N) is 1. The van der Waals surface area contributed by atoms with E-state index in [9.17, 15) is 13.2 Å². The van der Waals surface area contributed by atoms with Gasteiger partial charge in [0.25, 0.3) is 0 Å². The minimum absolute atomic E-state index is 0.124. The average molecular weight is 304 g/mol. The zero-order chi connectivity index (χ0) is 13.9. The molecule has 1 aliphatic heterocycles. The zero-order valence-corrected chi connectivity index (χ0v) is 12.3. The summed E-state index contributed by atoms with van der Waals surface area (Å²) in [5.74, 6) is 0.0658. The maximum atomic E-state index is 11.8. The van der Waals surface area contributed by atoms with Crippen LogP contribution in [-0.4, -0.2) is 60.6 Å². The Morgan fingerprint density at radius 2 is 2.05 bits per heavy atom. The summed E-state index contributed by atoms with van der Waals surface area (Å²) in [7, 11) is -2.90. The molecular formula is C10H16N4O3S2. The standard InChI is InChI=1S/C10H16N4O3S2/c1-2-9-12-13-10(18-9)11-8(15)7-14-3-5-19(16,17)6-4-14/h2-7H2,1H3,(H,11,13,15). The Bertz CT molecular complexity index is 541. The Balaban J connectivity index is 1.81. The molecule has 0 atom stereocenters. The van der Waals surface area contributed by atoms with Crippen molar-refractivity contribution in [3.63, 3.8) is 0 Å². The lowest BCUT2D eigenvalue weighted by molar-refractivity contribution is -0.117. The van der Waals surface area contributed by atoms with Crippen LogP contribution in [0.3, 0.4) is 0 Å². The zero-order valence-electron chi connectivity index (χ0n) is 10.6. The van der Waals surface area contributed by atoms with Crippen LogP contribution in [0.2, 0.25) is 0 Å². The van der Waals surface area contributed by atoms with Gasteiger partial charge >= 0.3 is 0 Å². The summed E-state index contributed by atoms with van der Waals surface area (Å²) in [6.07, 6.45) is 0.789. The topological polar surface area (TPSA) is 92.3 Å². The smallest absolute Gasteiger partial charge is 0.240 e. The molecule has 0 aromatic carbocycles. The molecule has 106 valence electrons. The van der Waals surface area contributed by atoms with Gasteiger partial charge in [-0.25, -0.2) is 8.42 Å². The first kappa shape index (κ1) is 14.4. The molecular weight excluding hydrogens is 288 g/mol. The van der Waals surface area contributed by atoms with Crippen molar-refractivity contribution >= 4 is 32.2 Å². The lowest BCUT2D eigenvalue weighted by Crippen LogP contribution is -2.43. The highest BCUT2D eigenvalue weighted by molar-refractivity contribution is 7.91. The number of sulfone groups is 1. The summed E-state index contributed by atoms with van der Waals surface area (Å²) in [6.45, 7) is 2.98. The first-order valence-corrected chi connectivity index (χ1v) is 8.67. The number of carbonyl (C=O) groups excluding carboxylic acids is 1. The lowest BCUT2D eigenvalue weighted by Gasteiger charge is -2.25. The van der Waals surface area contributed by atoms with Crippen molar-refractivity contribution < 1.29 is 13.2 Å². The molecule has 0 aliphatic carbocycles. The number of anilines is 1. The second-order valence-electron chi connectivity index (χ2n) is 4.33. The Hall–Kier alpha value is -1.06. The van der Waals surface area contributed by atoms with Crippen molar-refractivity contribution in [2.45, 2.75) is 13.3 Å². The molecule has 1 amide bonds. The number of carbonyl (C=O) groups is 1. The van der Waals surface area contributed by atoms with E-state index in [1.54, 1.807) is 0 Å². The summed E-state index contributed by atoms with van der Waals surface area (Å²) in [6, 6.07) is 0. The van der Waals surface area contributed by atoms with Gasteiger partial charge in [0.05, 0.1) is 18.1 Å². The monoisotopic (exact) mass is 304 g/mol. The van der Waals surface area contributed by atoms with Gasteiger partial charge in [-0.2, -0.15) is 0 Å². The van der Waals surface area contributed by atoms with Crippen molar-refractivity contribution in [2.75, 3.05) is 36.5 Å². The number of amides is 1. The van der Waals surface area contributed by atoms with Gasteiger partial charge in [0, 0.05) is 13.1 Å². The normalized spacial score (nSPS) is 19.2. The van der Waals surface area contributed by atoms with E-state index in [2.05, 4.69) is 15.5 Å². The highest BCUT2D eigenvalue weighted by atomic mass is 32.2. The van der Waals surface area contributed by atoms with Gasteiger partial charge < -0.3 is 0 Å². The predicted octanol–water partition coefficient (Wildman–Crippen LogP) is -0.231. The van der Waals surface area contributed by atoms with E-state index in [1.165, 1.54) is 11.3 Å². The summed E-state index contributed by atoms with van der Waals surface area (Å²) >= 11 is 1.35. The van der Waals surface area contributed by atoms with E-state index < -0.39 is 9.84 Å². The Morgan fingerprint density at radius 1 is 1.37 bits per heavy atom. The molecule has 2 rings (SSSR count). The van der Waals surface area contributed by atoms with Crippen LogP contribution in [0.15, 0.2) is 0 Å². The molecule has 0 radical (unpaired) electrons. The van der Waals surface area contributed by atoms with Crippen LogP contribution < -0.4 is 5.32 Å². The van der Waals surface area contributed by atoms with Gasteiger partial charge in [0.1, 0.15) is 5.01 Å². The molecule has 1 saturated heterocycles. The Morgan fingerprint density at radius 3 is 2.63 bits per heavy atom. The molecule has 0 unspecified atom stereocenters. The quantitative estimate of drug-likeness (QED) is 0.826. The number of hydrogen-bond donors (Lipinski definition) is 1. The third-order valence-corrected chi connectivity index (χ3v) is 5.41. The van der Waals surface area contributed by atoms with Gasteiger partial charge in [0.15, 0.2) is 9.84 Å². The van der Waals surface area contributed by atoms with Gasteiger partial charge in [-0.3, -0.25) is 15.0 Å². The first-order valence-electron chi connectivity index (χ1n) is 6.03. The highest BCUT2D eigenvalue weighted by Crippen LogP contribution is 2.15. The number of nitrogens with zero attached hydrogens (tertiary/aromatic N) is 3. The summed E-state index contributed by atoms with van der Waals surface area (Å²) < 4.78 is 22.5. The van der Waals surface area contributed by atoms with Gasteiger partial charge in [-0.1, -0.05) is 18.3 Å². The highest BCUT2D eigenvalue weighted by Gasteiger charge is 2.23. The van der Waals surface area contributed by atoms with Crippen LogP contribution in [0.25, 0.3) is 0 Å². The van der Waals surface area contributed by atoms with Gasteiger partial charge in [0.2, 0.25) is 11.0 Å². The minimum atomic E-state index is -2.90. The summed E-state index contributed by atoms with van der Waals surface area (Å²) in [5.41, 5.74) is 0. The van der Waals surface area contributed by atoms with Crippen LogP contribution in [0.4, 0.5) is 5.13 Å². The van der Waals surface area contributed by atoms with Crippen molar-refractivity contribution in [1.29, 1.82) is 0 Å². The van der Waals surface area contributed by atoms with Crippen LogP contribution in [0.5, 0.6) is 0 Å². The van der Waals surface area contributed by atoms with Crippen molar-refractivity contribution in [1.82, 2.24) is 15.1 Å². The predicted molar refractivity (Wildman–Crippen MR) is 73.0 cm³/mol. The number of aromatic nitrogens is 2. The van der Waals surface area contributed by atoms with Crippen LogP contribution in [-0.2, 0) is 21.1 Å². The summed E-state index contributed by atoms with van der Waals surface area (Å²) in [5, 5.41) is 11.8. The Labute approximate surface area is 115 Å². The van der Waals surface area contributed by atoms with E-state index in [0.717, 1.165) is 11.4 Å². The molecule has 0 bridgehead atoms. The number of hydrogen-bond acceptors (Lipinski definition) is 7. The van der Waals surface area contributed by atoms with Gasteiger partial charge in [-0.05, 0) is 6.42 Å². The third kappa shape index (κ3) is 4.22. The molecule has 9 heteroatoms. The van der Waals surface area contributed by atoms with Crippen molar-refractivity contribution in [3.8, 4) is 0 Å². The van der Waals surface area contributed by atoms with Gasteiger partial charge in [-0.15, -0.1) is 10.2 Å². The molecule has 0 saturated carbocycles. The lowest BCUT2D eigenvalue weighted by atomic mass is 10.4. The summed E-state index contributed by atoms with van der Waals surface area (Å²) in [4.78, 5) is 13.6. The molecule has 1 N–H and O–H groups in total. The minimum Gasteiger partial charge on any atom is -0.299 e. The van der Waals surface area contributed by atoms with Crippen LogP contribution in [0, 0.1) is 0 Å². The number of rotatable bonds is 4. The second-order valence-corrected chi connectivity index (χ2v) is 7.70. The molecule has 1 aromatic rings. The molecule has 1 aliphatic rings. The fraction of sp³-hybridized carbons (Fsp3) is 0.700. The molecule has 1 fully saturated rings. The maximum Gasteiger partial charge on any atom is 0.240 e. The third-order valence-electron chi connectivity index (χ3n) is 2.82. The number of aryl methyl sites for hydroxylation is 1. The van der Waals surface area contributed by atoms with Crippen molar-refractivity contribution in [2.24, 2.45) is 0 Å². The maximum absolute atomic E-state index is 11.8. The molecule has 19 heavy (non-hydrogen) atoms. The van der Waals surface area contributed by atoms with E-state index in [1.807, 2.05) is 11.8 Å². The van der Waals surface area contributed by atoms with E-state index in [-0.39, 0.29) is 24.0 Å². The molecule has 0 spiro atoms. The second kappa shape index (κ2) is 5.93. The fourth-order valence-corrected chi connectivity index (χ4v) is 3.69. The van der Waals surface area contributed by atoms with Crippen LogP contribution >= 0.6 is 11.3 Å². The molecule has 2 heterocycles. The molecule has 1 aromatic heterocycles. The van der Waals surface area contributed by atoms with E-state index in [0.29, 0.717) is 18.2 Å². The Kier molecular flexibility index (Phi) is 4.48. The van der Waals surface area contributed by atoms with Crippen LogP contribution in [0.1, 0.15) is 11.9 Å². The van der Waals surface area contributed by atoms with E-state index in [4.69, 9.17) is 0 Å². The molecule has 7 nitrogen and oxygen atoms in total. The fourth-order valence-electron chi connectivity index (χ4n) is 1.72.